The second kappa shape index (κ2) is 10.6. The number of nitrogens with one attached hydrogen (secondary N) is 2. The molecule has 1 aliphatic rings. The first-order chi connectivity index (χ1) is 15.5. The van der Waals surface area contributed by atoms with Gasteiger partial charge in [-0.05, 0) is 48.6 Å². The summed E-state index contributed by atoms with van der Waals surface area (Å²) in [5, 5.41) is 12.4. The number of hydrogen-bond donors (Lipinski definition) is 2. The Morgan fingerprint density at radius 1 is 1.12 bits per heavy atom. The minimum absolute atomic E-state index is 0.157. The highest BCUT2D eigenvalue weighted by atomic mass is 32.2. The van der Waals surface area contributed by atoms with Crippen molar-refractivity contribution < 1.29 is 13.2 Å². The van der Waals surface area contributed by atoms with Crippen LogP contribution in [0.2, 0.25) is 0 Å². The summed E-state index contributed by atoms with van der Waals surface area (Å²) in [7, 11) is -3.50. The topological polar surface area (TPSA) is 108 Å². The molecule has 3 aromatic rings. The van der Waals surface area contributed by atoms with Crippen LogP contribution in [0.1, 0.15) is 36.4 Å². The summed E-state index contributed by atoms with van der Waals surface area (Å²) in [5.74, 6) is 0.712. The molecule has 11 heteroatoms. The first-order valence-electron chi connectivity index (χ1n) is 10.5. The molecule has 170 valence electrons. The predicted molar refractivity (Wildman–Crippen MR) is 127 cm³/mol. The number of carbonyl (C=O) groups excluding carboxylic acids is 1. The quantitative estimate of drug-likeness (QED) is 0.465. The van der Waals surface area contributed by atoms with Gasteiger partial charge in [0.15, 0.2) is 0 Å². The minimum atomic E-state index is -3.50. The summed E-state index contributed by atoms with van der Waals surface area (Å²) >= 11 is 2.90. The lowest BCUT2D eigenvalue weighted by molar-refractivity contribution is -0.113. The number of aromatic nitrogens is 3. The van der Waals surface area contributed by atoms with Gasteiger partial charge in [0.2, 0.25) is 21.1 Å². The molecule has 0 radical (unpaired) electrons. The monoisotopic (exact) mass is 491 g/mol. The summed E-state index contributed by atoms with van der Waals surface area (Å²) < 4.78 is 27.3. The van der Waals surface area contributed by atoms with Gasteiger partial charge in [-0.2, -0.15) is 4.31 Å². The number of nitrogens with zero attached hydrogens (tertiary/aromatic N) is 3. The summed E-state index contributed by atoms with van der Waals surface area (Å²) in [6.07, 6.45) is 4.61. The maximum absolute atomic E-state index is 12.9. The molecule has 1 fully saturated rings. The molecule has 0 saturated carbocycles. The SMILES string of the molecule is O=C(CSc1n[nH]c(Cc2cccs2)n1)Nc1ccc(S(=O)(=O)N2CCCCCC2)cc1. The van der Waals surface area contributed by atoms with E-state index in [2.05, 4.69) is 20.5 Å². The highest BCUT2D eigenvalue weighted by Gasteiger charge is 2.25. The van der Waals surface area contributed by atoms with Gasteiger partial charge >= 0.3 is 0 Å². The van der Waals surface area contributed by atoms with Gasteiger partial charge in [-0.15, -0.1) is 16.4 Å². The van der Waals surface area contributed by atoms with Crippen molar-refractivity contribution in [2.24, 2.45) is 0 Å². The Bertz CT molecular complexity index is 1120. The molecule has 2 aromatic heterocycles. The van der Waals surface area contributed by atoms with Crippen molar-refractivity contribution in [1.82, 2.24) is 19.5 Å². The van der Waals surface area contributed by atoms with Gasteiger partial charge in [-0.3, -0.25) is 9.89 Å². The van der Waals surface area contributed by atoms with Crippen LogP contribution < -0.4 is 5.32 Å². The molecule has 0 bridgehead atoms. The minimum Gasteiger partial charge on any atom is -0.325 e. The first kappa shape index (κ1) is 23.0. The molecule has 1 aromatic carbocycles. The Labute approximate surface area is 195 Å². The normalized spacial score (nSPS) is 15.4. The molecule has 1 aliphatic heterocycles. The fourth-order valence-electron chi connectivity index (χ4n) is 3.47. The van der Waals surface area contributed by atoms with Gasteiger partial charge in [0.05, 0.1) is 10.6 Å². The lowest BCUT2D eigenvalue weighted by Gasteiger charge is -2.20. The molecule has 0 atom stereocenters. The van der Waals surface area contributed by atoms with Crippen molar-refractivity contribution in [3.05, 3.63) is 52.5 Å². The molecule has 2 N–H and O–H groups in total. The maximum Gasteiger partial charge on any atom is 0.243 e. The molecular formula is C21H25N5O3S3. The van der Waals surface area contributed by atoms with Gasteiger partial charge in [-0.1, -0.05) is 30.7 Å². The Morgan fingerprint density at radius 3 is 2.56 bits per heavy atom. The van der Waals surface area contributed by atoms with Gasteiger partial charge in [0.1, 0.15) is 5.82 Å². The van der Waals surface area contributed by atoms with Crippen molar-refractivity contribution in [2.45, 2.75) is 42.2 Å². The zero-order valence-corrected chi connectivity index (χ0v) is 19.9. The Balaban J connectivity index is 1.29. The van der Waals surface area contributed by atoms with E-state index < -0.39 is 10.0 Å². The predicted octanol–water partition coefficient (Wildman–Crippen LogP) is 3.75. The number of anilines is 1. The van der Waals surface area contributed by atoms with E-state index in [9.17, 15) is 13.2 Å². The van der Waals surface area contributed by atoms with Crippen molar-refractivity contribution in [2.75, 3.05) is 24.2 Å². The van der Waals surface area contributed by atoms with Gasteiger partial charge in [0, 0.05) is 30.1 Å². The Morgan fingerprint density at radius 2 is 1.88 bits per heavy atom. The molecular weight excluding hydrogens is 466 g/mol. The number of carbonyl (C=O) groups is 1. The average molecular weight is 492 g/mol. The number of H-pyrrole nitrogens is 1. The van der Waals surface area contributed by atoms with E-state index in [1.807, 2.05) is 17.5 Å². The third-order valence-corrected chi connectivity index (χ3v) is 8.74. The molecule has 1 amide bonds. The van der Waals surface area contributed by atoms with Crippen LogP contribution in [0.5, 0.6) is 0 Å². The average Bonchev–Trinajstić information content (AvgIpc) is 3.38. The highest BCUT2D eigenvalue weighted by Crippen LogP contribution is 2.22. The van der Waals surface area contributed by atoms with Crippen LogP contribution in [-0.4, -0.2) is 52.7 Å². The van der Waals surface area contributed by atoms with E-state index in [0.717, 1.165) is 31.5 Å². The van der Waals surface area contributed by atoms with Crippen LogP contribution in [0, 0.1) is 0 Å². The molecule has 0 spiro atoms. The van der Waals surface area contributed by atoms with E-state index in [1.54, 1.807) is 39.9 Å². The van der Waals surface area contributed by atoms with Crippen LogP contribution in [0.3, 0.4) is 0 Å². The number of sulfonamides is 1. The third-order valence-electron chi connectivity index (χ3n) is 5.11. The number of rotatable bonds is 8. The standard InChI is InChI=1S/C21H25N5O3S3/c27-20(15-31-21-23-19(24-25-21)14-17-6-5-13-30-17)22-16-7-9-18(10-8-16)32(28,29)26-11-3-1-2-4-12-26/h5-10,13H,1-4,11-12,14-15H2,(H,22,27)(H,23,24,25). The molecule has 3 heterocycles. The van der Waals surface area contributed by atoms with Crippen LogP contribution in [0.25, 0.3) is 0 Å². The lowest BCUT2D eigenvalue weighted by atomic mass is 10.2. The molecule has 4 rings (SSSR count). The summed E-state index contributed by atoms with van der Waals surface area (Å²) in [4.78, 5) is 18.1. The largest absolute Gasteiger partial charge is 0.325 e. The number of thiophene rings is 1. The number of amides is 1. The van der Waals surface area contributed by atoms with E-state index in [-0.39, 0.29) is 16.6 Å². The number of thioether (sulfide) groups is 1. The van der Waals surface area contributed by atoms with Crippen molar-refractivity contribution in [1.29, 1.82) is 0 Å². The van der Waals surface area contributed by atoms with Crippen molar-refractivity contribution >= 4 is 44.7 Å². The zero-order valence-electron chi connectivity index (χ0n) is 17.5. The number of benzene rings is 1. The number of hydrogen-bond acceptors (Lipinski definition) is 7. The molecule has 0 unspecified atom stereocenters. The highest BCUT2D eigenvalue weighted by molar-refractivity contribution is 7.99. The zero-order chi connectivity index (χ0) is 22.4. The lowest BCUT2D eigenvalue weighted by Crippen LogP contribution is -2.31. The van der Waals surface area contributed by atoms with Gasteiger partial charge in [0.25, 0.3) is 0 Å². The third kappa shape index (κ3) is 5.97. The molecule has 8 nitrogen and oxygen atoms in total. The fraction of sp³-hybridized carbons (Fsp3) is 0.381. The second-order valence-corrected chi connectivity index (χ2v) is 11.4. The first-order valence-corrected chi connectivity index (χ1v) is 13.8. The van der Waals surface area contributed by atoms with Crippen LogP contribution >= 0.6 is 23.1 Å². The van der Waals surface area contributed by atoms with Crippen molar-refractivity contribution in [3.63, 3.8) is 0 Å². The van der Waals surface area contributed by atoms with Gasteiger partial charge in [-0.25, -0.2) is 13.4 Å². The molecule has 32 heavy (non-hydrogen) atoms. The second-order valence-electron chi connectivity index (χ2n) is 7.50. The number of aromatic amines is 1. The van der Waals surface area contributed by atoms with E-state index in [0.29, 0.717) is 30.4 Å². The van der Waals surface area contributed by atoms with Crippen LogP contribution in [-0.2, 0) is 21.2 Å². The summed E-state index contributed by atoms with van der Waals surface area (Å²) in [6, 6.07) is 10.4. The van der Waals surface area contributed by atoms with E-state index in [1.165, 1.54) is 16.6 Å². The summed E-state index contributed by atoms with van der Waals surface area (Å²) in [5.41, 5.74) is 0.554. The van der Waals surface area contributed by atoms with E-state index >= 15 is 0 Å². The maximum atomic E-state index is 12.9. The smallest absolute Gasteiger partial charge is 0.243 e. The van der Waals surface area contributed by atoms with Crippen LogP contribution in [0.15, 0.2) is 51.8 Å². The van der Waals surface area contributed by atoms with Crippen molar-refractivity contribution in [3.8, 4) is 0 Å². The fourth-order valence-corrected chi connectivity index (χ4v) is 6.31. The molecule has 1 saturated heterocycles. The Hall–Kier alpha value is -2.21. The van der Waals surface area contributed by atoms with Crippen LogP contribution in [0.4, 0.5) is 5.69 Å². The summed E-state index contributed by atoms with van der Waals surface area (Å²) in [6.45, 7) is 1.13. The Kier molecular flexibility index (Phi) is 7.61. The molecule has 0 aliphatic carbocycles. The van der Waals surface area contributed by atoms with E-state index in [4.69, 9.17) is 0 Å². The van der Waals surface area contributed by atoms with Gasteiger partial charge < -0.3 is 5.32 Å².